The number of carbonyl (C=O) groups excluding carboxylic acids is 1. The second kappa shape index (κ2) is 4.97. The van der Waals surface area contributed by atoms with Crippen LogP contribution in [-0.4, -0.2) is 16.1 Å². The third-order valence-corrected chi connectivity index (χ3v) is 7.07. The van der Waals surface area contributed by atoms with E-state index in [1.54, 1.807) is 0 Å². The molecule has 1 aliphatic rings. The first-order valence-corrected chi connectivity index (χ1v) is 9.91. The van der Waals surface area contributed by atoms with Gasteiger partial charge in [-0.1, -0.05) is 8.93 Å². The van der Waals surface area contributed by atoms with Crippen LogP contribution in [0.4, 0.5) is 0 Å². The van der Waals surface area contributed by atoms with Gasteiger partial charge < -0.3 is 5.73 Å². The first-order chi connectivity index (χ1) is 8.67. The number of hydrogen-bond donors (Lipinski definition) is 1. The van der Waals surface area contributed by atoms with Crippen molar-refractivity contribution in [2.24, 2.45) is 5.73 Å². The Labute approximate surface area is 125 Å². The van der Waals surface area contributed by atoms with Gasteiger partial charge in [-0.05, 0) is 58.2 Å². The largest absolute Gasteiger partial charge is 0.365 e. The Morgan fingerprint density at radius 1 is 1.56 bits per heavy atom. The molecule has 2 aromatic heterocycles. The number of nitrogens with zero attached hydrogens (tertiary/aromatic N) is 1. The van der Waals surface area contributed by atoms with Crippen molar-refractivity contribution < 1.29 is 4.79 Å². The van der Waals surface area contributed by atoms with Crippen LogP contribution in [0.5, 0.6) is 0 Å². The van der Waals surface area contributed by atoms with Gasteiger partial charge in [0.15, 0.2) is 0 Å². The lowest BCUT2D eigenvalue weighted by atomic mass is 9.95. The SMILES string of the molecule is NC(=O)c1cc2cc3c(nc2s1)CCC(SI)C3. The van der Waals surface area contributed by atoms with E-state index in [0.717, 1.165) is 23.1 Å². The first kappa shape index (κ1) is 12.7. The highest BCUT2D eigenvalue weighted by Gasteiger charge is 2.21. The van der Waals surface area contributed by atoms with Crippen LogP contribution in [-0.2, 0) is 12.8 Å². The zero-order valence-electron chi connectivity index (χ0n) is 9.48. The van der Waals surface area contributed by atoms with Gasteiger partial charge in [-0.25, -0.2) is 4.98 Å². The molecule has 0 aromatic carbocycles. The second-order valence-electron chi connectivity index (χ2n) is 4.42. The molecular formula is C12H11IN2OS2. The van der Waals surface area contributed by atoms with Crippen LogP contribution in [0.3, 0.4) is 0 Å². The summed E-state index contributed by atoms with van der Waals surface area (Å²) in [5.74, 6) is -0.364. The van der Waals surface area contributed by atoms with E-state index >= 15 is 0 Å². The van der Waals surface area contributed by atoms with E-state index in [-0.39, 0.29) is 5.91 Å². The molecule has 2 N–H and O–H groups in total. The van der Waals surface area contributed by atoms with Crippen LogP contribution < -0.4 is 5.73 Å². The molecule has 0 aliphatic heterocycles. The highest BCUT2D eigenvalue weighted by atomic mass is 127. The molecule has 6 heteroatoms. The quantitative estimate of drug-likeness (QED) is 0.801. The fourth-order valence-electron chi connectivity index (χ4n) is 2.29. The van der Waals surface area contributed by atoms with Crippen LogP contribution in [0, 0.1) is 0 Å². The topological polar surface area (TPSA) is 56.0 Å². The summed E-state index contributed by atoms with van der Waals surface area (Å²) in [6.07, 6.45) is 3.30. The lowest BCUT2D eigenvalue weighted by Gasteiger charge is -2.21. The molecule has 1 unspecified atom stereocenters. The summed E-state index contributed by atoms with van der Waals surface area (Å²) in [4.78, 5) is 17.4. The van der Waals surface area contributed by atoms with Crippen molar-refractivity contribution >= 4 is 57.6 Å². The summed E-state index contributed by atoms with van der Waals surface area (Å²) >= 11 is 3.77. The smallest absolute Gasteiger partial charge is 0.258 e. The van der Waals surface area contributed by atoms with E-state index in [9.17, 15) is 4.79 Å². The zero-order chi connectivity index (χ0) is 12.7. The summed E-state index contributed by atoms with van der Waals surface area (Å²) < 4.78 is 0. The van der Waals surface area contributed by atoms with Crippen molar-refractivity contribution in [2.75, 3.05) is 0 Å². The summed E-state index contributed by atoms with van der Waals surface area (Å²) in [7, 11) is 1.90. The molecule has 0 radical (unpaired) electrons. The number of rotatable bonds is 2. The molecule has 2 aromatic rings. The van der Waals surface area contributed by atoms with E-state index in [4.69, 9.17) is 5.73 Å². The molecule has 2 heterocycles. The summed E-state index contributed by atoms with van der Waals surface area (Å²) in [5.41, 5.74) is 7.84. The second-order valence-corrected chi connectivity index (χ2v) is 7.82. The number of pyridine rings is 1. The Morgan fingerprint density at radius 3 is 3.11 bits per heavy atom. The Hall–Kier alpha value is -0.340. The fourth-order valence-corrected chi connectivity index (χ4v) is 4.93. The van der Waals surface area contributed by atoms with Crippen molar-refractivity contribution in [1.29, 1.82) is 0 Å². The average Bonchev–Trinajstić information content (AvgIpc) is 2.78. The van der Waals surface area contributed by atoms with Gasteiger partial charge in [0.1, 0.15) is 4.83 Å². The molecule has 3 nitrogen and oxygen atoms in total. The van der Waals surface area contributed by atoms with Crippen LogP contribution in [0.25, 0.3) is 10.2 Å². The molecule has 3 rings (SSSR count). The van der Waals surface area contributed by atoms with E-state index in [0.29, 0.717) is 10.1 Å². The number of amides is 1. The van der Waals surface area contributed by atoms with Crippen molar-refractivity contribution in [2.45, 2.75) is 24.5 Å². The maximum Gasteiger partial charge on any atom is 0.258 e. The Morgan fingerprint density at radius 2 is 2.39 bits per heavy atom. The van der Waals surface area contributed by atoms with E-state index in [2.05, 4.69) is 32.3 Å². The minimum absolute atomic E-state index is 0.364. The number of thiophene rings is 1. The van der Waals surface area contributed by atoms with E-state index < -0.39 is 0 Å². The number of fused-ring (bicyclic) bond motifs is 2. The standard InChI is InChI=1S/C12H11IN2OS2/c13-18-8-1-2-9-6(4-8)3-7-5-10(11(14)16)17-12(7)15-9/h3,5,8H,1-2,4H2,(H2,14,16). The highest BCUT2D eigenvalue weighted by molar-refractivity contribution is 14.2. The number of halogens is 1. The number of nitrogens with two attached hydrogens (primary N) is 1. The average molecular weight is 390 g/mol. The predicted molar refractivity (Wildman–Crippen MR) is 85.6 cm³/mol. The molecular weight excluding hydrogens is 379 g/mol. The maximum absolute atomic E-state index is 11.2. The van der Waals surface area contributed by atoms with Gasteiger partial charge in [0.2, 0.25) is 0 Å². The molecule has 94 valence electrons. The Bertz CT molecular complexity index is 626. The van der Waals surface area contributed by atoms with Crippen molar-refractivity contribution in [3.05, 3.63) is 28.3 Å². The third-order valence-electron chi connectivity index (χ3n) is 3.20. The lowest BCUT2D eigenvalue weighted by Crippen LogP contribution is -2.16. The fraction of sp³-hybridized carbons (Fsp3) is 0.333. The molecule has 1 atom stereocenters. The molecule has 0 fully saturated rings. The van der Waals surface area contributed by atoms with Crippen LogP contribution in [0.2, 0.25) is 0 Å². The van der Waals surface area contributed by atoms with Gasteiger partial charge in [-0.3, -0.25) is 4.79 Å². The number of aromatic nitrogens is 1. The normalized spacial score (nSPS) is 18.8. The van der Waals surface area contributed by atoms with Crippen LogP contribution in [0.15, 0.2) is 12.1 Å². The van der Waals surface area contributed by atoms with Gasteiger partial charge in [0.05, 0.1) is 4.88 Å². The van der Waals surface area contributed by atoms with Crippen LogP contribution >= 0.6 is 41.5 Å². The highest BCUT2D eigenvalue weighted by Crippen LogP contribution is 2.34. The van der Waals surface area contributed by atoms with Gasteiger partial charge in [-0.15, -0.1) is 11.3 Å². The molecule has 0 saturated carbocycles. The van der Waals surface area contributed by atoms with Gasteiger partial charge in [-0.2, -0.15) is 0 Å². The molecule has 1 aliphatic carbocycles. The zero-order valence-corrected chi connectivity index (χ0v) is 13.3. The van der Waals surface area contributed by atoms with Crippen LogP contribution in [0.1, 0.15) is 27.3 Å². The maximum atomic E-state index is 11.2. The van der Waals surface area contributed by atoms with E-state index in [1.165, 1.54) is 29.0 Å². The first-order valence-electron chi connectivity index (χ1n) is 5.67. The minimum Gasteiger partial charge on any atom is -0.365 e. The number of carbonyl (C=O) groups is 1. The predicted octanol–water partition coefficient (Wildman–Crippen LogP) is 3.34. The van der Waals surface area contributed by atoms with Crippen molar-refractivity contribution in [3.8, 4) is 0 Å². The number of hydrogen-bond acceptors (Lipinski definition) is 4. The summed E-state index contributed by atoms with van der Waals surface area (Å²) in [5, 5.41) is 1.73. The Balaban J connectivity index is 2.07. The number of aryl methyl sites for hydroxylation is 1. The van der Waals surface area contributed by atoms with Gasteiger partial charge >= 0.3 is 0 Å². The minimum atomic E-state index is -0.364. The number of primary amides is 1. The van der Waals surface area contributed by atoms with E-state index in [1.807, 2.05) is 15.0 Å². The third kappa shape index (κ3) is 2.25. The van der Waals surface area contributed by atoms with Crippen molar-refractivity contribution in [3.63, 3.8) is 0 Å². The lowest BCUT2D eigenvalue weighted by molar-refractivity contribution is 0.100. The molecule has 1 amide bonds. The molecule has 0 bridgehead atoms. The summed E-state index contributed by atoms with van der Waals surface area (Å²) in [6, 6.07) is 4.04. The van der Waals surface area contributed by atoms with Gasteiger partial charge in [0, 0.05) is 16.3 Å². The Kier molecular flexibility index (Phi) is 3.50. The molecule has 0 saturated heterocycles. The monoisotopic (exact) mass is 390 g/mol. The van der Waals surface area contributed by atoms with Gasteiger partial charge in [0.25, 0.3) is 5.91 Å². The molecule has 0 spiro atoms. The van der Waals surface area contributed by atoms with Crippen molar-refractivity contribution in [1.82, 2.24) is 4.98 Å². The summed E-state index contributed by atoms with van der Waals surface area (Å²) in [6.45, 7) is 0. The molecule has 18 heavy (non-hydrogen) atoms.